The molecule has 4 rings (SSSR count). The van der Waals surface area contributed by atoms with Gasteiger partial charge < -0.3 is 19.4 Å². The van der Waals surface area contributed by atoms with Crippen LogP contribution in [0.1, 0.15) is 29.0 Å². The largest absolute Gasteiger partial charge is 0.493 e. The lowest BCUT2D eigenvalue weighted by molar-refractivity contribution is -0.121. The van der Waals surface area contributed by atoms with E-state index in [-0.39, 0.29) is 18.2 Å². The van der Waals surface area contributed by atoms with Crippen molar-refractivity contribution in [3.05, 3.63) is 93.6 Å². The number of nitrogens with one attached hydrogen (secondary N) is 1. The Kier molecular flexibility index (Phi) is 7.89. The van der Waals surface area contributed by atoms with Crippen LogP contribution < -0.4 is 14.8 Å². The molecule has 0 unspecified atom stereocenters. The normalized spacial score (nSPS) is 11.9. The molecule has 0 fully saturated rings. The highest BCUT2D eigenvalue weighted by molar-refractivity contribution is 6.35. The zero-order chi connectivity index (χ0) is 24.9. The van der Waals surface area contributed by atoms with Gasteiger partial charge in [-0.3, -0.25) is 4.79 Å². The zero-order valence-corrected chi connectivity index (χ0v) is 21.5. The zero-order valence-electron chi connectivity index (χ0n) is 20.0. The average Bonchev–Trinajstić information content (AvgIpc) is 3.19. The van der Waals surface area contributed by atoms with Crippen LogP contribution in [0.3, 0.4) is 0 Å². The molecule has 0 saturated heterocycles. The number of carbonyl (C=O) groups is 1. The number of rotatable bonds is 9. The minimum absolute atomic E-state index is 0.0391. The molecule has 0 bridgehead atoms. The van der Waals surface area contributed by atoms with E-state index in [0.29, 0.717) is 34.5 Å². The van der Waals surface area contributed by atoms with Gasteiger partial charge in [-0.25, -0.2) is 0 Å². The Bertz CT molecular complexity index is 1350. The van der Waals surface area contributed by atoms with Gasteiger partial charge in [-0.05, 0) is 53.4 Å². The van der Waals surface area contributed by atoms with E-state index >= 15 is 0 Å². The van der Waals surface area contributed by atoms with Gasteiger partial charge in [0.2, 0.25) is 5.91 Å². The first-order valence-corrected chi connectivity index (χ1v) is 12.1. The first kappa shape index (κ1) is 25.0. The summed E-state index contributed by atoms with van der Waals surface area (Å²) in [5.41, 5.74) is 4.13. The summed E-state index contributed by atoms with van der Waals surface area (Å²) < 4.78 is 13.1. The van der Waals surface area contributed by atoms with Gasteiger partial charge in [0, 0.05) is 53.1 Å². The topological polar surface area (TPSA) is 52.5 Å². The second-order valence-electron chi connectivity index (χ2n) is 8.42. The number of para-hydroxylation sites is 1. The van der Waals surface area contributed by atoms with Gasteiger partial charge in [0.05, 0.1) is 14.2 Å². The third-order valence-corrected chi connectivity index (χ3v) is 6.82. The smallest absolute Gasteiger partial charge is 0.220 e. The Morgan fingerprint density at radius 1 is 1.00 bits per heavy atom. The standard InChI is InChI=1S/C28H28Cl2N2O3/c1-32-17-23(21-6-4-5-7-25(21)32)22(19-9-11-26(34-2)27(14-19)35-3)16-28(33)31-13-12-18-8-10-20(29)15-24(18)30/h4-11,14-15,17,22H,12-13,16H2,1-3H3,(H,31,33)/t22-/m0/s1. The minimum Gasteiger partial charge on any atom is -0.493 e. The van der Waals surface area contributed by atoms with Gasteiger partial charge in [-0.15, -0.1) is 0 Å². The van der Waals surface area contributed by atoms with Crippen molar-refractivity contribution in [3.8, 4) is 11.5 Å². The molecule has 1 N–H and O–H groups in total. The Balaban J connectivity index is 1.60. The highest BCUT2D eigenvalue weighted by Gasteiger charge is 2.23. The van der Waals surface area contributed by atoms with Crippen molar-refractivity contribution in [3.63, 3.8) is 0 Å². The van der Waals surface area contributed by atoms with Crippen LogP contribution in [0.4, 0.5) is 0 Å². The number of hydrogen-bond acceptors (Lipinski definition) is 3. The Labute approximate surface area is 215 Å². The molecule has 1 atom stereocenters. The summed E-state index contributed by atoms with van der Waals surface area (Å²) in [4.78, 5) is 13.1. The van der Waals surface area contributed by atoms with Gasteiger partial charge in [0.1, 0.15) is 0 Å². The maximum absolute atomic E-state index is 13.1. The van der Waals surface area contributed by atoms with Crippen LogP contribution >= 0.6 is 23.2 Å². The quantitative estimate of drug-likeness (QED) is 0.284. The lowest BCUT2D eigenvalue weighted by atomic mass is 9.87. The van der Waals surface area contributed by atoms with Gasteiger partial charge in [0.15, 0.2) is 11.5 Å². The van der Waals surface area contributed by atoms with E-state index < -0.39 is 0 Å². The number of hydrogen-bond donors (Lipinski definition) is 1. The maximum Gasteiger partial charge on any atom is 0.220 e. The average molecular weight is 511 g/mol. The van der Waals surface area contributed by atoms with E-state index in [2.05, 4.69) is 28.2 Å². The summed E-state index contributed by atoms with van der Waals surface area (Å²) in [6.07, 6.45) is 3.02. The van der Waals surface area contributed by atoms with Crippen LogP contribution in [-0.4, -0.2) is 31.2 Å². The van der Waals surface area contributed by atoms with E-state index in [4.69, 9.17) is 32.7 Å². The molecular weight excluding hydrogens is 483 g/mol. The molecule has 3 aromatic carbocycles. The maximum atomic E-state index is 13.1. The van der Waals surface area contributed by atoms with Gasteiger partial charge in [-0.2, -0.15) is 0 Å². The molecule has 0 spiro atoms. The molecule has 182 valence electrons. The van der Waals surface area contributed by atoms with Crippen molar-refractivity contribution in [2.45, 2.75) is 18.8 Å². The van der Waals surface area contributed by atoms with Crippen LogP contribution in [0.15, 0.2) is 66.9 Å². The van der Waals surface area contributed by atoms with E-state index in [1.54, 1.807) is 26.4 Å². The van der Waals surface area contributed by atoms with Crippen molar-refractivity contribution in [1.29, 1.82) is 0 Å². The van der Waals surface area contributed by atoms with Gasteiger partial charge in [-0.1, -0.05) is 53.5 Å². The summed E-state index contributed by atoms with van der Waals surface area (Å²) in [6, 6.07) is 19.5. The van der Waals surface area contributed by atoms with E-state index in [1.165, 1.54) is 0 Å². The van der Waals surface area contributed by atoms with E-state index in [9.17, 15) is 4.79 Å². The Morgan fingerprint density at radius 3 is 2.51 bits per heavy atom. The first-order chi connectivity index (χ1) is 16.9. The molecule has 0 aliphatic carbocycles. The minimum atomic E-state index is -0.167. The van der Waals surface area contributed by atoms with Crippen LogP contribution in [0.5, 0.6) is 11.5 Å². The highest BCUT2D eigenvalue weighted by Crippen LogP contribution is 2.38. The summed E-state index contributed by atoms with van der Waals surface area (Å²) in [6.45, 7) is 0.481. The molecule has 0 aliphatic rings. The predicted molar refractivity (Wildman–Crippen MR) is 142 cm³/mol. The number of carbonyl (C=O) groups excluding carboxylic acids is 1. The summed E-state index contributed by atoms with van der Waals surface area (Å²) >= 11 is 12.3. The van der Waals surface area contributed by atoms with Crippen molar-refractivity contribution in [2.24, 2.45) is 7.05 Å². The van der Waals surface area contributed by atoms with Gasteiger partial charge in [0.25, 0.3) is 0 Å². The fourth-order valence-corrected chi connectivity index (χ4v) is 4.95. The molecule has 5 nitrogen and oxygen atoms in total. The molecule has 1 heterocycles. The Hall–Kier alpha value is -3.15. The number of aryl methyl sites for hydroxylation is 1. The molecule has 1 aromatic heterocycles. The molecule has 4 aromatic rings. The van der Waals surface area contributed by atoms with Crippen molar-refractivity contribution < 1.29 is 14.3 Å². The van der Waals surface area contributed by atoms with Crippen molar-refractivity contribution in [1.82, 2.24) is 9.88 Å². The number of nitrogens with zero attached hydrogens (tertiary/aromatic N) is 1. The SMILES string of the molecule is COc1ccc([C@H](CC(=O)NCCc2ccc(Cl)cc2Cl)c2cn(C)c3ccccc23)cc1OC. The van der Waals surface area contributed by atoms with E-state index in [0.717, 1.165) is 27.6 Å². The molecule has 1 amide bonds. The number of benzene rings is 3. The van der Waals surface area contributed by atoms with Crippen LogP contribution in [0.25, 0.3) is 10.9 Å². The molecule has 0 aliphatic heterocycles. The summed E-state index contributed by atoms with van der Waals surface area (Å²) in [7, 11) is 5.25. The first-order valence-electron chi connectivity index (χ1n) is 11.4. The third-order valence-electron chi connectivity index (χ3n) is 6.23. The lowest BCUT2D eigenvalue weighted by Gasteiger charge is -2.19. The van der Waals surface area contributed by atoms with Crippen LogP contribution in [0, 0.1) is 0 Å². The van der Waals surface area contributed by atoms with Crippen LogP contribution in [-0.2, 0) is 18.3 Å². The number of methoxy groups -OCH3 is 2. The molecule has 7 heteroatoms. The fourth-order valence-electron chi connectivity index (χ4n) is 4.45. The highest BCUT2D eigenvalue weighted by atomic mass is 35.5. The number of amides is 1. The van der Waals surface area contributed by atoms with Gasteiger partial charge >= 0.3 is 0 Å². The monoisotopic (exact) mass is 510 g/mol. The molecule has 0 saturated carbocycles. The second kappa shape index (κ2) is 11.1. The fraction of sp³-hybridized carbons (Fsp3) is 0.250. The number of fused-ring (bicyclic) bond motifs is 1. The lowest BCUT2D eigenvalue weighted by Crippen LogP contribution is -2.27. The predicted octanol–water partition coefficient (Wildman–Crippen LogP) is 6.38. The molecule has 0 radical (unpaired) electrons. The molecule has 35 heavy (non-hydrogen) atoms. The van der Waals surface area contributed by atoms with Crippen molar-refractivity contribution >= 4 is 40.0 Å². The number of ether oxygens (including phenoxy) is 2. The van der Waals surface area contributed by atoms with E-state index in [1.807, 2.05) is 43.4 Å². The molecular formula is C28H28Cl2N2O3. The number of aromatic nitrogens is 1. The Morgan fingerprint density at radius 2 is 1.77 bits per heavy atom. The summed E-state index contributed by atoms with van der Waals surface area (Å²) in [5.74, 6) is 1.08. The number of halogens is 2. The third kappa shape index (κ3) is 5.58. The van der Waals surface area contributed by atoms with Crippen LogP contribution in [0.2, 0.25) is 10.0 Å². The van der Waals surface area contributed by atoms with Crippen molar-refractivity contribution in [2.75, 3.05) is 20.8 Å². The second-order valence-corrected chi connectivity index (χ2v) is 9.26. The summed E-state index contributed by atoms with van der Waals surface area (Å²) in [5, 5.41) is 5.37.